The average molecular weight is 268 g/mol. The minimum Gasteiger partial charge on any atom is -0.475 e. The molecule has 0 saturated carbocycles. The molecular weight excluding hydrogens is 254 g/mol. The summed E-state index contributed by atoms with van der Waals surface area (Å²) in [6.45, 7) is 2.17. The average Bonchev–Trinajstić information content (AvgIpc) is 2.86. The van der Waals surface area contributed by atoms with E-state index in [1.165, 1.54) is 6.20 Å². The zero-order chi connectivity index (χ0) is 12.8. The SMILES string of the molecule is N#CCCOc1nc(NC2CCNC2)ncc1Cl. The molecule has 1 aliphatic rings. The predicted octanol–water partition coefficient (Wildman–Crippen LogP) is 1.20. The molecule has 2 rings (SSSR count). The summed E-state index contributed by atoms with van der Waals surface area (Å²) in [6, 6.07) is 2.33. The normalized spacial score (nSPS) is 18.3. The highest BCUT2D eigenvalue weighted by atomic mass is 35.5. The highest BCUT2D eigenvalue weighted by Crippen LogP contribution is 2.22. The van der Waals surface area contributed by atoms with Gasteiger partial charge in [0.15, 0.2) is 0 Å². The lowest BCUT2D eigenvalue weighted by atomic mass is 10.3. The summed E-state index contributed by atoms with van der Waals surface area (Å²) in [5.41, 5.74) is 0. The Labute approximate surface area is 110 Å². The standard InChI is InChI=1S/C11H14ClN5O/c12-9-7-15-11(16-8-2-4-14-6-8)17-10(9)18-5-1-3-13/h7-8,14H,1-2,4-6H2,(H,15,16,17). The molecule has 1 saturated heterocycles. The Morgan fingerprint density at radius 2 is 2.56 bits per heavy atom. The minimum absolute atomic E-state index is 0.275. The van der Waals surface area contributed by atoms with Crippen LogP contribution in [0.25, 0.3) is 0 Å². The van der Waals surface area contributed by atoms with Crippen LogP contribution >= 0.6 is 11.6 Å². The summed E-state index contributed by atoms with van der Waals surface area (Å²) in [5.74, 6) is 0.815. The van der Waals surface area contributed by atoms with Gasteiger partial charge in [0.25, 0.3) is 0 Å². The van der Waals surface area contributed by atoms with E-state index in [9.17, 15) is 0 Å². The minimum atomic E-state index is 0.275. The zero-order valence-electron chi connectivity index (χ0n) is 9.82. The molecule has 0 bridgehead atoms. The molecule has 18 heavy (non-hydrogen) atoms. The van der Waals surface area contributed by atoms with Crippen LogP contribution in [0, 0.1) is 11.3 Å². The molecule has 0 aromatic carbocycles. The summed E-state index contributed by atoms with van der Waals surface area (Å²) < 4.78 is 5.32. The van der Waals surface area contributed by atoms with E-state index in [0.29, 0.717) is 29.3 Å². The van der Waals surface area contributed by atoms with Crippen molar-refractivity contribution in [3.63, 3.8) is 0 Å². The van der Waals surface area contributed by atoms with Crippen molar-refractivity contribution in [3.05, 3.63) is 11.2 Å². The van der Waals surface area contributed by atoms with Crippen molar-refractivity contribution in [2.45, 2.75) is 18.9 Å². The molecule has 1 aromatic rings. The zero-order valence-corrected chi connectivity index (χ0v) is 10.6. The van der Waals surface area contributed by atoms with Crippen LogP contribution in [0.5, 0.6) is 5.88 Å². The fourth-order valence-electron chi connectivity index (χ4n) is 1.68. The lowest BCUT2D eigenvalue weighted by Gasteiger charge is -2.12. The van der Waals surface area contributed by atoms with Crippen LogP contribution < -0.4 is 15.4 Å². The topological polar surface area (TPSA) is 82.9 Å². The van der Waals surface area contributed by atoms with Crippen molar-refractivity contribution in [2.24, 2.45) is 0 Å². The smallest absolute Gasteiger partial charge is 0.237 e. The van der Waals surface area contributed by atoms with Gasteiger partial charge >= 0.3 is 0 Å². The molecule has 96 valence electrons. The lowest BCUT2D eigenvalue weighted by Crippen LogP contribution is -2.23. The number of aromatic nitrogens is 2. The van der Waals surface area contributed by atoms with E-state index in [4.69, 9.17) is 21.6 Å². The first-order valence-corrected chi connectivity index (χ1v) is 6.17. The van der Waals surface area contributed by atoms with Gasteiger partial charge in [-0.05, 0) is 13.0 Å². The molecular formula is C11H14ClN5O. The van der Waals surface area contributed by atoms with Crippen LogP contribution in [0.3, 0.4) is 0 Å². The number of hydrogen-bond acceptors (Lipinski definition) is 6. The Hall–Kier alpha value is -1.58. The molecule has 0 amide bonds. The van der Waals surface area contributed by atoms with Gasteiger partial charge < -0.3 is 15.4 Å². The third-order valence-electron chi connectivity index (χ3n) is 2.56. The van der Waals surface area contributed by atoms with Crippen LogP contribution in [-0.4, -0.2) is 35.7 Å². The number of nitriles is 1. The Morgan fingerprint density at radius 3 is 3.28 bits per heavy atom. The number of anilines is 1. The number of rotatable bonds is 5. The quantitative estimate of drug-likeness (QED) is 0.780. The molecule has 7 heteroatoms. The Morgan fingerprint density at radius 1 is 1.67 bits per heavy atom. The van der Waals surface area contributed by atoms with E-state index in [-0.39, 0.29) is 6.61 Å². The maximum Gasteiger partial charge on any atom is 0.237 e. The van der Waals surface area contributed by atoms with Crippen molar-refractivity contribution in [2.75, 3.05) is 25.0 Å². The largest absolute Gasteiger partial charge is 0.475 e. The van der Waals surface area contributed by atoms with Crippen molar-refractivity contribution < 1.29 is 4.74 Å². The fourth-order valence-corrected chi connectivity index (χ4v) is 1.82. The van der Waals surface area contributed by atoms with Crippen LogP contribution in [0.2, 0.25) is 5.02 Å². The molecule has 1 unspecified atom stereocenters. The summed E-state index contributed by atoms with van der Waals surface area (Å²) in [6.07, 6.45) is 2.84. The summed E-state index contributed by atoms with van der Waals surface area (Å²) in [5, 5.41) is 15.3. The van der Waals surface area contributed by atoms with Gasteiger partial charge in [-0.15, -0.1) is 0 Å². The van der Waals surface area contributed by atoms with E-state index in [1.54, 1.807) is 0 Å². The Bertz CT molecular complexity index is 442. The van der Waals surface area contributed by atoms with Crippen LogP contribution in [0.1, 0.15) is 12.8 Å². The molecule has 0 radical (unpaired) electrons. The monoisotopic (exact) mass is 267 g/mol. The molecule has 1 atom stereocenters. The third kappa shape index (κ3) is 3.45. The summed E-state index contributed by atoms with van der Waals surface area (Å²) in [7, 11) is 0. The number of ether oxygens (including phenoxy) is 1. The van der Waals surface area contributed by atoms with Crippen molar-refractivity contribution in [1.29, 1.82) is 5.26 Å². The number of nitrogens with one attached hydrogen (secondary N) is 2. The number of halogens is 1. The van der Waals surface area contributed by atoms with Gasteiger partial charge in [-0.25, -0.2) is 4.98 Å². The molecule has 2 N–H and O–H groups in total. The molecule has 6 nitrogen and oxygen atoms in total. The summed E-state index contributed by atoms with van der Waals surface area (Å²) >= 11 is 5.92. The first-order chi connectivity index (χ1) is 8.79. The van der Waals surface area contributed by atoms with Crippen molar-refractivity contribution in [1.82, 2.24) is 15.3 Å². The van der Waals surface area contributed by atoms with Gasteiger partial charge in [0.2, 0.25) is 11.8 Å². The third-order valence-corrected chi connectivity index (χ3v) is 2.82. The number of nitrogens with zero attached hydrogens (tertiary/aromatic N) is 3. The molecule has 1 aromatic heterocycles. The van der Waals surface area contributed by atoms with Gasteiger partial charge in [0.05, 0.1) is 18.7 Å². The second-order valence-corrected chi connectivity index (χ2v) is 4.34. The van der Waals surface area contributed by atoms with Gasteiger partial charge in [-0.2, -0.15) is 10.2 Å². The maximum absolute atomic E-state index is 8.44. The first kappa shape index (κ1) is 12.9. The summed E-state index contributed by atoms with van der Waals surface area (Å²) in [4.78, 5) is 8.30. The Balaban J connectivity index is 1.98. The van der Waals surface area contributed by atoms with Gasteiger partial charge in [0, 0.05) is 12.6 Å². The predicted molar refractivity (Wildman–Crippen MR) is 67.7 cm³/mol. The molecule has 2 heterocycles. The molecule has 1 fully saturated rings. The van der Waals surface area contributed by atoms with E-state index < -0.39 is 0 Å². The molecule has 1 aliphatic heterocycles. The molecule has 0 aliphatic carbocycles. The van der Waals surface area contributed by atoms with Crippen LogP contribution in [-0.2, 0) is 0 Å². The second kappa shape index (κ2) is 6.38. The highest BCUT2D eigenvalue weighted by molar-refractivity contribution is 6.31. The van der Waals surface area contributed by atoms with Gasteiger partial charge in [0.1, 0.15) is 11.6 Å². The molecule has 0 spiro atoms. The Kier molecular flexibility index (Phi) is 4.56. The van der Waals surface area contributed by atoms with Crippen LogP contribution in [0.15, 0.2) is 6.20 Å². The van der Waals surface area contributed by atoms with Crippen LogP contribution in [0.4, 0.5) is 5.95 Å². The van der Waals surface area contributed by atoms with E-state index in [1.807, 2.05) is 6.07 Å². The first-order valence-electron chi connectivity index (χ1n) is 5.79. The number of hydrogen-bond donors (Lipinski definition) is 2. The second-order valence-electron chi connectivity index (χ2n) is 3.94. The maximum atomic E-state index is 8.44. The van der Waals surface area contributed by atoms with E-state index in [2.05, 4.69) is 20.6 Å². The van der Waals surface area contributed by atoms with E-state index in [0.717, 1.165) is 19.5 Å². The fraction of sp³-hybridized carbons (Fsp3) is 0.545. The van der Waals surface area contributed by atoms with E-state index >= 15 is 0 Å². The highest BCUT2D eigenvalue weighted by Gasteiger charge is 2.16. The lowest BCUT2D eigenvalue weighted by molar-refractivity contribution is 0.314. The van der Waals surface area contributed by atoms with Gasteiger partial charge in [-0.1, -0.05) is 11.6 Å². The van der Waals surface area contributed by atoms with Crippen molar-refractivity contribution in [3.8, 4) is 11.9 Å². The van der Waals surface area contributed by atoms with Gasteiger partial charge in [-0.3, -0.25) is 0 Å². The van der Waals surface area contributed by atoms with Crippen molar-refractivity contribution >= 4 is 17.5 Å².